The van der Waals surface area contributed by atoms with Crippen LogP contribution >= 0.6 is 0 Å². The predicted octanol–water partition coefficient (Wildman–Crippen LogP) is 2.73. The number of amides is 4. The van der Waals surface area contributed by atoms with E-state index in [1.54, 1.807) is 4.90 Å². The number of carbonyl (C=O) groups excluding carboxylic acids is 4. The molecule has 2 fully saturated rings. The van der Waals surface area contributed by atoms with Gasteiger partial charge in [0, 0.05) is 17.0 Å². The zero-order valence-electron chi connectivity index (χ0n) is 18.8. The molecular weight excluding hydrogens is 382 g/mol. The number of rotatable bonds is 4. The highest BCUT2D eigenvalue weighted by molar-refractivity contribution is 6.23. The number of nitrogens with zero attached hydrogens (tertiary/aromatic N) is 2. The average molecular weight is 414 g/mol. The Morgan fingerprint density at radius 3 is 1.93 bits per heavy atom. The van der Waals surface area contributed by atoms with Crippen LogP contribution in [0.4, 0.5) is 5.69 Å². The smallest absolute Gasteiger partial charge is 0.257 e. The van der Waals surface area contributed by atoms with Crippen LogP contribution in [0.25, 0.3) is 0 Å². The van der Waals surface area contributed by atoms with E-state index in [2.05, 4.69) is 27.7 Å². The van der Waals surface area contributed by atoms with E-state index in [9.17, 15) is 19.2 Å². The van der Waals surface area contributed by atoms with Gasteiger partial charge in [-0.2, -0.15) is 0 Å². The molecule has 0 spiro atoms. The summed E-state index contributed by atoms with van der Waals surface area (Å²) >= 11 is 0. The lowest BCUT2D eigenvalue weighted by atomic mass is 9.98. The summed E-state index contributed by atoms with van der Waals surface area (Å²) in [6.45, 7) is 13.9. The summed E-state index contributed by atoms with van der Waals surface area (Å²) in [4.78, 5) is 53.7. The molecule has 1 atom stereocenters. The van der Waals surface area contributed by atoms with Gasteiger partial charge in [0.05, 0.1) is 12.1 Å². The zero-order chi connectivity index (χ0) is 22.8. The molecule has 1 saturated heterocycles. The fourth-order valence-corrected chi connectivity index (χ4v) is 4.77. The Balaban J connectivity index is 1.93. The van der Waals surface area contributed by atoms with Crippen molar-refractivity contribution >= 4 is 29.3 Å². The highest BCUT2D eigenvalue weighted by atomic mass is 16.2. The van der Waals surface area contributed by atoms with Gasteiger partial charge in [-0.1, -0.05) is 27.7 Å². The second kappa shape index (κ2) is 6.65. The summed E-state index contributed by atoms with van der Waals surface area (Å²) in [6, 6.07) is 5.15. The highest BCUT2D eigenvalue weighted by Crippen LogP contribution is 2.69. The summed E-state index contributed by atoms with van der Waals surface area (Å²) in [7, 11) is 0. The molecule has 30 heavy (non-hydrogen) atoms. The number of imide groups is 1. The van der Waals surface area contributed by atoms with Gasteiger partial charge in [0.1, 0.15) is 6.04 Å². The maximum absolute atomic E-state index is 13.6. The minimum atomic E-state index is -0.854. The van der Waals surface area contributed by atoms with Gasteiger partial charge in [-0.3, -0.25) is 19.2 Å². The monoisotopic (exact) mass is 413 g/mol. The van der Waals surface area contributed by atoms with Crippen LogP contribution in [0.5, 0.6) is 0 Å². The van der Waals surface area contributed by atoms with Crippen LogP contribution in [0.3, 0.4) is 0 Å². The molecule has 7 heteroatoms. The Hall–Kier alpha value is -2.70. The van der Waals surface area contributed by atoms with Gasteiger partial charge in [-0.25, -0.2) is 4.90 Å². The fourth-order valence-electron chi connectivity index (χ4n) is 4.77. The average Bonchev–Trinajstić information content (AvgIpc) is 2.84. The molecule has 1 aromatic carbocycles. The maximum atomic E-state index is 13.6. The number of hydrogen-bond acceptors (Lipinski definition) is 4. The Labute approximate surface area is 177 Å². The van der Waals surface area contributed by atoms with Crippen molar-refractivity contribution in [2.75, 3.05) is 4.90 Å². The van der Waals surface area contributed by atoms with E-state index in [4.69, 9.17) is 5.73 Å². The second-order valence-electron chi connectivity index (χ2n) is 10.5. The number of carbonyl (C=O) groups is 4. The number of benzene rings is 1. The first-order valence-corrected chi connectivity index (χ1v) is 10.2. The van der Waals surface area contributed by atoms with E-state index in [0.29, 0.717) is 11.3 Å². The molecule has 1 aromatic rings. The minimum Gasteiger partial charge on any atom is -0.366 e. The van der Waals surface area contributed by atoms with Crippen molar-refractivity contribution in [2.24, 2.45) is 22.5 Å². The summed E-state index contributed by atoms with van der Waals surface area (Å²) in [5.74, 6) is -1.68. The predicted molar refractivity (Wildman–Crippen MR) is 114 cm³/mol. The van der Waals surface area contributed by atoms with Crippen LogP contribution in [-0.2, 0) is 14.4 Å². The van der Waals surface area contributed by atoms with Gasteiger partial charge in [0.15, 0.2) is 0 Å². The van der Waals surface area contributed by atoms with Gasteiger partial charge < -0.3 is 10.6 Å². The van der Waals surface area contributed by atoms with E-state index < -0.39 is 23.4 Å². The van der Waals surface area contributed by atoms with Crippen LogP contribution in [-0.4, -0.2) is 40.1 Å². The molecule has 1 aliphatic heterocycles. The molecule has 1 saturated carbocycles. The summed E-state index contributed by atoms with van der Waals surface area (Å²) in [6.07, 6.45) is -0.0625. The van der Waals surface area contributed by atoms with Crippen LogP contribution < -0.4 is 10.6 Å². The quantitative estimate of drug-likeness (QED) is 0.767. The lowest BCUT2D eigenvalue weighted by Crippen LogP contribution is -2.55. The van der Waals surface area contributed by atoms with Gasteiger partial charge in [-0.05, 0) is 55.9 Å². The third kappa shape index (κ3) is 3.20. The molecule has 1 aliphatic carbocycles. The number of anilines is 1. The molecule has 2 aliphatic rings. The van der Waals surface area contributed by atoms with Crippen molar-refractivity contribution in [3.05, 3.63) is 29.8 Å². The van der Waals surface area contributed by atoms with Gasteiger partial charge >= 0.3 is 0 Å². The fraction of sp³-hybridized carbons (Fsp3) is 0.565. The molecule has 162 valence electrons. The molecule has 0 radical (unpaired) electrons. The SMILES string of the molecule is CC(C)(C)N(C(=O)C1C(C)(C)C1(C)C)C1CC(=O)N(c2ccc(C(N)=O)cc2)C1=O. The van der Waals surface area contributed by atoms with Crippen molar-refractivity contribution in [1.82, 2.24) is 4.90 Å². The molecule has 1 heterocycles. The van der Waals surface area contributed by atoms with Crippen LogP contribution in [0.15, 0.2) is 24.3 Å². The largest absolute Gasteiger partial charge is 0.366 e. The molecule has 3 rings (SSSR count). The first-order chi connectivity index (χ1) is 13.6. The lowest BCUT2D eigenvalue weighted by molar-refractivity contribution is -0.146. The first-order valence-electron chi connectivity index (χ1n) is 10.2. The normalized spacial score (nSPS) is 22.9. The van der Waals surface area contributed by atoms with Crippen LogP contribution in [0, 0.1) is 16.7 Å². The van der Waals surface area contributed by atoms with E-state index in [1.165, 1.54) is 24.3 Å². The molecule has 0 bridgehead atoms. The highest BCUT2D eigenvalue weighted by Gasteiger charge is 2.70. The van der Waals surface area contributed by atoms with Gasteiger partial charge in [0.25, 0.3) is 5.91 Å². The third-order valence-corrected chi connectivity index (χ3v) is 7.07. The summed E-state index contributed by atoms with van der Waals surface area (Å²) in [5, 5.41) is 0. The summed E-state index contributed by atoms with van der Waals surface area (Å²) in [5.41, 5.74) is 4.94. The van der Waals surface area contributed by atoms with Crippen molar-refractivity contribution in [3.8, 4) is 0 Å². The maximum Gasteiger partial charge on any atom is 0.257 e. The van der Waals surface area contributed by atoms with Crippen molar-refractivity contribution < 1.29 is 19.2 Å². The standard InChI is InChI=1S/C23H31N3O4/c1-21(2,3)26(20(30)17-22(4,5)23(17,6)7)15-12-16(27)25(19(15)29)14-10-8-13(9-11-14)18(24)28/h8-11,15,17H,12H2,1-7H3,(H2,24,28). The van der Waals surface area contributed by atoms with E-state index in [-0.39, 0.29) is 35.0 Å². The molecule has 0 aromatic heterocycles. The molecule has 2 N–H and O–H groups in total. The van der Waals surface area contributed by atoms with Crippen molar-refractivity contribution in [3.63, 3.8) is 0 Å². The van der Waals surface area contributed by atoms with E-state index in [1.807, 2.05) is 20.8 Å². The molecular formula is C23H31N3O4. The zero-order valence-corrected chi connectivity index (χ0v) is 18.8. The molecule has 4 amide bonds. The van der Waals surface area contributed by atoms with Gasteiger partial charge in [-0.15, -0.1) is 0 Å². The van der Waals surface area contributed by atoms with Crippen molar-refractivity contribution in [1.29, 1.82) is 0 Å². The summed E-state index contributed by atoms with van der Waals surface area (Å²) < 4.78 is 0. The Kier molecular flexibility index (Phi) is 4.88. The number of hydrogen-bond donors (Lipinski definition) is 1. The second-order valence-corrected chi connectivity index (χ2v) is 10.5. The van der Waals surface area contributed by atoms with Crippen LogP contribution in [0.1, 0.15) is 65.2 Å². The Bertz CT molecular complexity index is 911. The lowest BCUT2D eigenvalue weighted by Gasteiger charge is -2.39. The third-order valence-electron chi connectivity index (χ3n) is 7.07. The topological polar surface area (TPSA) is 101 Å². The van der Waals surface area contributed by atoms with Crippen molar-refractivity contribution in [2.45, 2.75) is 66.5 Å². The van der Waals surface area contributed by atoms with Gasteiger partial charge in [0.2, 0.25) is 17.7 Å². The number of primary amides is 1. The minimum absolute atomic E-state index is 0.0625. The van der Waals surface area contributed by atoms with Crippen LogP contribution in [0.2, 0.25) is 0 Å². The Morgan fingerprint density at radius 1 is 1.03 bits per heavy atom. The number of nitrogens with two attached hydrogens (primary N) is 1. The first kappa shape index (κ1) is 22.0. The molecule has 7 nitrogen and oxygen atoms in total. The molecule has 1 unspecified atom stereocenters. The van der Waals surface area contributed by atoms with E-state index >= 15 is 0 Å². The Morgan fingerprint density at radius 2 is 1.53 bits per heavy atom. The van der Waals surface area contributed by atoms with E-state index in [0.717, 1.165) is 4.90 Å².